The highest BCUT2D eigenvalue weighted by Crippen LogP contribution is 2.25. The molecule has 1 aromatic carbocycles. The Labute approximate surface area is 171 Å². The van der Waals surface area contributed by atoms with Crippen molar-refractivity contribution >= 4 is 11.4 Å². The number of rotatable bonds is 5. The van der Waals surface area contributed by atoms with Crippen molar-refractivity contribution in [3.63, 3.8) is 0 Å². The van der Waals surface area contributed by atoms with E-state index >= 15 is 0 Å². The van der Waals surface area contributed by atoms with E-state index in [1.165, 1.54) is 5.56 Å². The molecule has 0 saturated carbocycles. The quantitative estimate of drug-likeness (QED) is 0.680. The van der Waals surface area contributed by atoms with E-state index in [1.807, 2.05) is 45.9 Å². The molecule has 1 unspecified atom stereocenters. The van der Waals surface area contributed by atoms with Crippen LogP contribution in [0.15, 0.2) is 29.2 Å². The average molecular weight is 395 g/mol. The van der Waals surface area contributed by atoms with Crippen LogP contribution in [0.4, 0.5) is 0 Å². The number of fused-ring (bicyclic) bond motifs is 1. The SMILES string of the molecule is Cc1ccc(-c2cn3nc(C(=O)NC(C)C(C)C)c(C(C)C)c3c(=O)[nH]2)cc1C. The molecule has 0 spiro atoms. The number of H-pyrrole nitrogens is 1. The van der Waals surface area contributed by atoms with Crippen LogP contribution < -0.4 is 10.9 Å². The zero-order valence-corrected chi connectivity index (χ0v) is 18.3. The molecule has 0 bridgehead atoms. The van der Waals surface area contributed by atoms with Gasteiger partial charge >= 0.3 is 0 Å². The van der Waals surface area contributed by atoms with E-state index in [0.717, 1.165) is 11.1 Å². The third-order valence-electron chi connectivity index (χ3n) is 5.63. The Balaban J connectivity index is 2.16. The first-order valence-corrected chi connectivity index (χ1v) is 10.1. The number of nitrogens with one attached hydrogen (secondary N) is 2. The minimum atomic E-state index is -0.245. The molecule has 1 amide bonds. The van der Waals surface area contributed by atoms with E-state index < -0.39 is 0 Å². The standard InChI is InChI=1S/C23H30N4O2/c1-12(2)16(7)24-22(28)20-19(13(3)4)21-23(29)25-18(11-27(21)26-20)17-9-8-14(5)15(6)10-17/h8-13,16H,1-7H3,(H,24,28)(H,25,29). The molecule has 0 aliphatic heterocycles. The molecule has 0 saturated heterocycles. The maximum atomic E-state index is 13.0. The molecule has 154 valence electrons. The summed E-state index contributed by atoms with van der Waals surface area (Å²) in [5.41, 5.74) is 5.09. The molecule has 6 heteroatoms. The number of hydrogen-bond donors (Lipinski definition) is 2. The normalized spacial score (nSPS) is 12.7. The fourth-order valence-electron chi connectivity index (χ4n) is 3.32. The van der Waals surface area contributed by atoms with Crippen LogP contribution in [-0.4, -0.2) is 26.5 Å². The smallest absolute Gasteiger partial charge is 0.274 e. The molecule has 2 heterocycles. The van der Waals surface area contributed by atoms with E-state index in [-0.39, 0.29) is 23.4 Å². The zero-order chi connectivity index (χ0) is 21.5. The summed E-state index contributed by atoms with van der Waals surface area (Å²) >= 11 is 0. The number of aromatic nitrogens is 3. The van der Waals surface area contributed by atoms with Crippen LogP contribution in [0.3, 0.4) is 0 Å². The highest BCUT2D eigenvalue weighted by atomic mass is 16.2. The van der Waals surface area contributed by atoms with Gasteiger partial charge in [0.15, 0.2) is 5.69 Å². The second-order valence-electron chi connectivity index (χ2n) is 8.51. The lowest BCUT2D eigenvalue weighted by Crippen LogP contribution is -2.36. The van der Waals surface area contributed by atoms with E-state index in [2.05, 4.69) is 36.2 Å². The largest absolute Gasteiger partial charge is 0.348 e. The molecule has 3 rings (SSSR count). The van der Waals surface area contributed by atoms with Crippen molar-refractivity contribution in [3.05, 3.63) is 57.1 Å². The molecule has 0 aliphatic carbocycles. The van der Waals surface area contributed by atoms with Gasteiger partial charge in [-0.05, 0) is 55.4 Å². The first-order chi connectivity index (χ1) is 13.6. The van der Waals surface area contributed by atoms with Crippen LogP contribution in [0.5, 0.6) is 0 Å². The van der Waals surface area contributed by atoms with Crippen molar-refractivity contribution in [2.24, 2.45) is 5.92 Å². The summed E-state index contributed by atoms with van der Waals surface area (Å²) in [4.78, 5) is 28.8. The molecule has 29 heavy (non-hydrogen) atoms. The van der Waals surface area contributed by atoms with Crippen LogP contribution in [0.1, 0.15) is 67.7 Å². The van der Waals surface area contributed by atoms with Crippen molar-refractivity contribution in [1.82, 2.24) is 19.9 Å². The lowest BCUT2D eigenvalue weighted by Gasteiger charge is -2.17. The summed E-state index contributed by atoms with van der Waals surface area (Å²) in [6.45, 7) is 14.1. The molecule has 2 aromatic heterocycles. The highest BCUT2D eigenvalue weighted by Gasteiger charge is 2.25. The maximum absolute atomic E-state index is 13.0. The van der Waals surface area contributed by atoms with Crippen LogP contribution in [0.25, 0.3) is 16.8 Å². The van der Waals surface area contributed by atoms with Crippen LogP contribution in [0, 0.1) is 19.8 Å². The topological polar surface area (TPSA) is 79.3 Å². The van der Waals surface area contributed by atoms with Gasteiger partial charge in [-0.1, -0.05) is 39.8 Å². The van der Waals surface area contributed by atoms with Gasteiger partial charge in [0, 0.05) is 11.6 Å². The molecule has 0 radical (unpaired) electrons. The van der Waals surface area contributed by atoms with Gasteiger partial charge in [-0.3, -0.25) is 9.59 Å². The number of benzene rings is 1. The Kier molecular flexibility index (Phi) is 5.64. The number of amides is 1. The van der Waals surface area contributed by atoms with Crippen LogP contribution in [0.2, 0.25) is 0 Å². The fraction of sp³-hybridized carbons (Fsp3) is 0.435. The van der Waals surface area contributed by atoms with E-state index in [9.17, 15) is 9.59 Å². The summed E-state index contributed by atoms with van der Waals surface area (Å²) in [5, 5.41) is 7.52. The lowest BCUT2D eigenvalue weighted by atomic mass is 10.0. The van der Waals surface area contributed by atoms with Crippen LogP contribution in [-0.2, 0) is 0 Å². The molecule has 0 aliphatic rings. The summed E-state index contributed by atoms with van der Waals surface area (Å²) < 4.78 is 1.55. The number of carbonyl (C=O) groups excluding carboxylic acids is 1. The van der Waals surface area contributed by atoms with Crippen molar-refractivity contribution in [2.75, 3.05) is 0 Å². The summed E-state index contributed by atoms with van der Waals surface area (Å²) in [6.07, 6.45) is 1.79. The molecule has 3 aromatic rings. The third kappa shape index (κ3) is 3.97. The van der Waals surface area contributed by atoms with Crippen molar-refractivity contribution in [1.29, 1.82) is 0 Å². The van der Waals surface area contributed by atoms with E-state index in [1.54, 1.807) is 10.7 Å². The van der Waals surface area contributed by atoms with E-state index in [4.69, 9.17) is 0 Å². The number of hydrogen-bond acceptors (Lipinski definition) is 3. The predicted octanol–water partition coefficient (Wildman–Crippen LogP) is 4.20. The van der Waals surface area contributed by atoms with Gasteiger partial charge in [0.25, 0.3) is 11.5 Å². The Morgan fingerprint density at radius 1 is 1.10 bits per heavy atom. The number of carbonyl (C=O) groups is 1. The minimum absolute atomic E-state index is 0.0108. The van der Waals surface area contributed by atoms with Crippen molar-refractivity contribution < 1.29 is 4.79 Å². The monoisotopic (exact) mass is 394 g/mol. The van der Waals surface area contributed by atoms with Gasteiger partial charge in [-0.25, -0.2) is 4.52 Å². The molecular weight excluding hydrogens is 364 g/mol. The first kappa shape index (κ1) is 20.8. The minimum Gasteiger partial charge on any atom is -0.348 e. The van der Waals surface area contributed by atoms with Gasteiger partial charge in [-0.15, -0.1) is 0 Å². The number of aromatic amines is 1. The first-order valence-electron chi connectivity index (χ1n) is 10.1. The third-order valence-corrected chi connectivity index (χ3v) is 5.63. The molecule has 2 N–H and O–H groups in total. The van der Waals surface area contributed by atoms with Crippen molar-refractivity contribution in [3.8, 4) is 11.3 Å². The Morgan fingerprint density at radius 2 is 1.79 bits per heavy atom. The summed E-state index contributed by atoms with van der Waals surface area (Å²) in [5.74, 6) is 0.0418. The van der Waals surface area contributed by atoms with Gasteiger partial charge in [0.1, 0.15) is 5.52 Å². The lowest BCUT2D eigenvalue weighted by molar-refractivity contribution is 0.0924. The molecular formula is C23H30N4O2. The Bertz CT molecular complexity index is 1120. The van der Waals surface area contributed by atoms with Crippen LogP contribution >= 0.6 is 0 Å². The number of nitrogens with zero attached hydrogens (tertiary/aromatic N) is 2. The second-order valence-corrected chi connectivity index (χ2v) is 8.51. The molecule has 6 nitrogen and oxygen atoms in total. The maximum Gasteiger partial charge on any atom is 0.274 e. The van der Waals surface area contributed by atoms with Crippen molar-refractivity contribution in [2.45, 2.75) is 60.4 Å². The fourth-order valence-corrected chi connectivity index (χ4v) is 3.32. The Hall–Kier alpha value is -2.89. The van der Waals surface area contributed by atoms with Gasteiger partial charge in [0.05, 0.1) is 11.9 Å². The van der Waals surface area contributed by atoms with E-state index in [0.29, 0.717) is 28.4 Å². The van der Waals surface area contributed by atoms with Gasteiger partial charge < -0.3 is 10.3 Å². The predicted molar refractivity (Wildman–Crippen MR) is 117 cm³/mol. The zero-order valence-electron chi connectivity index (χ0n) is 18.3. The molecule has 1 atom stereocenters. The average Bonchev–Trinajstić information content (AvgIpc) is 3.04. The van der Waals surface area contributed by atoms with Gasteiger partial charge in [-0.2, -0.15) is 5.10 Å². The highest BCUT2D eigenvalue weighted by molar-refractivity contribution is 5.96. The molecule has 0 fully saturated rings. The summed E-state index contributed by atoms with van der Waals surface area (Å²) in [7, 11) is 0. The van der Waals surface area contributed by atoms with Gasteiger partial charge in [0.2, 0.25) is 0 Å². The Morgan fingerprint density at radius 3 is 2.38 bits per heavy atom. The summed E-state index contributed by atoms with van der Waals surface area (Å²) in [6, 6.07) is 6.06. The number of aryl methyl sites for hydroxylation is 2. The second kappa shape index (κ2) is 7.85.